The minimum absolute atomic E-state index is 0.522. The van der Waals surface area contributed by atoms with E-state index in [9.17, 15) is 13.2 Å². The Balaban J connectivity index is 1.83. The maximum absolute atomic E-state index is 12.8. The number of hydrogen-bond acceptors (Lipinski definition) is 3. The molecule has 3 nitrogen and oxygen atoms in total. The summed E-state index contributed by atoms with van der Waals surface area (Å²) in [5, 5.41) is 3.27. The van der Waals surface area contributed by atoms with Gasteiger partial charge in [-0.25, -0.2) is 4.98 Å². The number of halogens is 3. The van der Waals surface area contributed by atoms with E-state index in [4.69, 9.17) is 0 Å². The van der Waals surface area contributed by atoms with Gasteiger partial charge in [-0.05, 0) is 29.8 Å². The average molecular weight is 307 g/mol. The van der Waals surface area contributed by atoms with Gasteiger partial charge >= 0.3 is 6.18 Å². The molecule has 0 bridgehead atoms. The summed E-state index contributed by atoms with van der Waals surface area (Å²) in [6, 6.07) is 8.99. The Morgan fingerprint density at radius 1 is 1.00 bits per heavy atom. The van der Waals surface area contributed by atoms with E-state index in [1.54, 1.807) is 12.3 Å². The molecule has 3 rings (SSSR count). The Hall–Kier alpha value is -2.08. The van der Waals surface area contributed by atoms with Crippen molar-refractivity contribution in [2.75, 3.05) is 31.1 Å². The molecule has 0 unspecified atom stereocenters. The summed E-state index contributed by atoms with van der Waals surface area (Å²) in [6.45, 7) is 3.60. The second-order valence-electron chi connectivity index (χ2n) is 5.22. The lowest BCUT2D eigenvalue weighted by molar-refractivity contribution is -0.137. The minimum Gasteiger partial charge on any atom is -0.354 e. The van der Waals surface area contributed by atoms with Crippen LogP contribution in [0.25, 0.3) is 11.1 Å². The minimum atomic E-state index is -4.33. The SMILES string of the molecule is FC(F)(F)c1cccc(-c2ccc(N3CCNCC3)nc2)c1. The fourth-order valence-corrected chi connectivity index (χ4v) is 2.51. The van der Waals surface area contributed by atoms with E-state index >= 15 is 0 Å². The Kier molecular flexibility index (Phi) is 4.02. The topological polar surface area (TPSA) is 28.2 Å². The zero-order chi connectivity index (χ0) is 15.6. The number of anilines is 1. The lowest BCUT2D eigenvalue weighted by Gasteiger charge is -2.28. The van der Waals surface area contributed by atoms with Crippen molar-refractivity contribution in [3.05, 3.63) is 48.2 Å². The average Bonchev–Trinajstić information content (AvgIpc) is 2.55. The Morgan fingerprint density at radius 3 is 2.41 bits per heavy atom. The number of aromatic nitrogens is 1. The molecule has 0 atom stereocenters. The highest BCUT2D eigenvalue weighted by Gasteiger charge is 2.30. The Bertz CT molecular complexity index is 632. The normalized spacial score (nSPS) is 15.9. The van der Waals surface area contributed by atoms with Gasteiger partial charge in [0, 0.05) is 37.9 Å². The fourth-order valence-electron chi connectivity index (χ4n) is 2.51. The van der Waals surface area contributed by atoms with Crippen molar-refractivity contribution >= 4 is 5.82 Å². The molecule has 2 aromatic rings. The highest BCUT2D eigenvalue weighted by Crippen LogP contribution is 2.32. The Morgan fingerprint density at radius 2 is 1.77 bits per heavy atom. The summed E-state index contributed by atoms with van der Waals surface area (Å²) < 4.78 is 38.3. The van der Waals surface area contributed by atoms with E-state index in [0.717, 1.165) is 44.1 Å². The van der Waals surface area contributed by atoms with E-state index in [1.165, 1.54) is 6.07 Å². The van der Waals surface area contributed by atoms with Crippen molar-refractivity contribution in [2.24, 2.45) is 0 Å². The van der Waals surface area contributed by atoms with Gasteiger partial charge in [-0.2, -0.15) is 13.2 Å². The number of alkyl halides is 3. The summed E-state index contributed by atoms with van der Waals surface area (Å²) in [5.74, 6) is 0.859. The molecule has 6 heteroatoms. The molecule has 1 saturated heterocycles. The molecule has 1 aliphatic rings. The second kappa shape index (κ2) is 5.96. The third kappa shape index (κ3) is 3.22. The first-order chi connectivity index (χ1) is 10.5. The van der Waals surface area contributed by atoms with Gasteiger partial charge in [-0.15, -0.1) is 0 Å². The van der Waals surface area contributed by atoms with Gasteiger partial charge in [0.2, 0.25) is 0 Å². The van der Waals surface area contributed by atoms with Crippen LogP contribution in [0.4, 0.5) is 19.0 Å². The van der Waals surface area contributed by atoms with Gasteiger partial charge in [0.1, 0.15) is 5.82 Å². The Labute approximate surface area is 126 Å². The predicted molar refractivity (Wildman–Crippen MR) is 79.8 cm³/mol. The standard InChI is InChI=1S/C16H16F3N3/c17-16(18,19)14-3-1-2-12(10-14)13-4-5-15(21-11-13)22-8-6-20-7-9-22/h1-5,10-11,20H,6-9H2. The van der Waals surface area contributed by atoms with Crippen molar-refractivity contribution in [3.8, 4) is 11.1 Å². The van der Waals surface area contributed by atoms with Crippen LogP contribution >= 0.6 is 0 Å². The number of pyridine rings is 1. The first kappa shape index (κ1) is 14.8. The molecule has 0 spiro atoms. The lowest BCUT2D eigenvalue weighted by Crippen LogP contribution is -2.43. The van der Waals surface area contributed by atoms with E-state index in [2.05, 4.69) is 15.2 Å². The van der Waals surface area contributed by atoms with Crippen LogP contribution in [-0.4, -0.2) is 31.2 Å². The number of nitrogens with zero attached hydrogens (tertiary/aromatic N) is 2. The highest BCUT2D eigenvalue weighted by atomic mass is 19.4. The van der Waals surface area contributed by atoms with E-state index in [0.29, 0.717) is 11.1 Å². The number of benzene rings is 1. The van der Waals surface area contributed by atoms with Crippen LogP contribution in [0.1, 0.15) is 5.56 Å². The molecule has 2 heterocycles. The maximum Gasteiger partial charge on any atom is 0.416 e. The van der Waals surface area contributed by atoms with Crippen LogP contribution in [0.5, 0.6) is 0 Å². The van der Waals surface area contributed by atoms with Gasteiger partial charge in [-0.3, -0.25) is 0 Å². The fraction of sp³-hybridized carbons (Fsp3) is 0.312. The zero-order valence-electron chi connectivity index (χ0n) is 11.9. The highest BCUT2D eigenvalue weighted by molar-refractivity contribution is 5.64. The molecule has 0 amide bonds. The zero-order valence-corrected chi connectivity index (χ0v) is 11.9. The quantitative estimate of drug-likeness (QED) is 0.923. The van der Waals surface area contributed by atoms with Gasteiger partial charge in [0.05, 0.1) is 5.56 Å². The first-order valence-corrected chi connectivity index (χ1v) is 7.13. The molecule has 1 fully saturated rings. The molecule has 1 aliphatic heterocycles. The van der Waals surface area contributed by atoms with Crippen molar-refractivity contribution in [3.63, 3.8) is 0 Å². The molecule has 1 N–H and O–H groups in total. The van der Waals surface area contributed by atoms with E-state index in [1.807, 2.05) is 12.1 Å². The van der Waals surface area contributed by atoms with E-state index < -0.39 is 11.7 Å². The second-order valence-corrected chi connectivity index (χ2v) is 5.22. The summed E-state index contributed by atoms with van der Waals surface area (Å²) in [4.78, 5) is 6.55. The lowest BCUT2D eigenvalue weighted by atomic mass is 10.0. The third-order valence-electron chi connectivity index (χ3n) is 3.71. The first-order valence-electron chi connectivity index (χ1n) is 7.13. The summed E-state index contributed by atoms with van der Waals surface area (Å²) in [6.07, 6.45) is -2.70. The molecule has 22 heavy (non-hydrogen) atoms. The molecule has 0 aliphatic carbocycles. The number of nitrogens with one attached hydrogen (secondary N) is 1. The number of rotatable bonds is 2. The van der Waals surface area contributed by atoms with Crippen LogP contribution in [-0.2, 0) is 6.18 Å². The summed E-state index contributed by atoms with van der Waals surface area (Å²) >= 11 is 0. The van der Waals surface area contributed by atoms with Crippen molar-refractivity contribution in [2.45, 2.75) is 6.18 Å². The monoisotopic (exact) mass is 307 g/mol. The molecule has 116 valence electrons. The summed E-state index contributed by atoms with van der Waals surface area (Å²) in [5.41, 5.74) is 0.565. The van der Waals surface area contributed by atoms with Gasteiger partial charge < -0.3 is 10.2 Å². The van der Waals surface area contributed by atoms with Crippen LogP contribution in [0.15, 0.2) is 42.6 Å². The van der Waals surface area contributed by atoms with Gasteiger partial charge in [-0.1, -0.05) is 12.1 Å². The van der Waals surface area contributed by atoms with Gasteiger partial charge in [0.25, 0.3) is 0 Å². The molecule has 0 radical (unpaired) electrons. The number of hydrogen-bond donors (Lipinski definition) is 1. The smallest absolute Gasteiger partial charge is 0.354 e. The largest absolute Gasteiger partial charge is 0.416 e. The van der Waals surface area contributed by atoms with Crippen LogP contribution in [0, 0.1) is 0 Å². The van der Waals surface area contributed by atoms with Crippen molar-refractivity contribution < 1.29 is 13.2 Å². The van der Waals surface area contributed by atoms with Crippen LogP contribution in [0.3, 0.4) is 0 Å². The molecule has 1 aromatic carbocycles. The van der Waals surface area contributed by atoms with Crippen LogP contribution < -0.4 is 10.2 Å². The molecule has 0 saturated carbocycles. The predicted octanol–water partition coefficient (Wildman–Crippen LogP) is 3.18. The molecular weight excluding hydrogens is 291 g/mol. The molecule has 1 aromatic heterocycles. The van der Waals surface area contributed by atoms with E-state index in [-0.39, 0.29) is 0 Å². The maximum atomic E-state index is 12.8. The third-order valence-corrected chi connectivity index (χ3v) is 3.71. The van der Waals surface area contributed by atoms with Crippen molar-refractivity contribution in [1.82, 2.24) is 10.3 Å². The van der Waals surface area contributed by atoms with Crippen LogP contribution in [0.2, 0.25) is 0 Å². The summed E-state index contributed by atoms with van der Waals surface area (Å²) in [7, 11) is 0. The van der Waals surface area contributed by atoms with Gasteiger partial charge in [0.15, 0.2) is 0 Å². The number of piperazine rings is 1. The van der Waals surface area contributed by atoms with Crippen molar-refractivity contribution in [1.29, 1.82) is 0 Å². The molecular formula is C16H16F3N3.